The van der Waals surface area contributed by atoms with Crippen LogP contribution in [0.2, 0.25) is 0 Å². The number of ketones is 5. The fraction of sp³-hybridized carbons (Fsp3) is 0.722. The predicted molar refractivity (Wildman–Crippen MR) is 393 cm³/mol. The predicted octanol–water partition coefficient (Wildman–Crippen LogP) is 13.1. The molecule has 22 heteroatoms. The summed E-state index contributed by atoms with van der Waals surface area (Å²) in [6.45, 7) is 24.4. The first kappa shape index (κ1) is 77.9. The molecule has 7 fully saturated rings. The van der Waals surface area contributed by atoms with Crippen molar-refractivity contribution in [2.45, 2.75) is 258 Å². The van der Waals surface area contributed by atoms with Gasteiger partial charge in [-0.25, -0.2) is 26.8 Å². The van der Waals surface area contributed by atoms with Crippen molar-refractivity contribution in [2.75, 3.05) is 38.8 Å². The smallest absolute Gasteiger partial charge is 0.227 e. The van der Waals surface area contributed by atoms with Crippen LogP contribution in [0.25, 0.3) is 21.6 Å². The Morgan fingerprint density at radius 2 is 1.56 bits per heavy atom. The topological polar surface area (TPSA) is 268 Å². The van der Waals surface area contributed by atoms with Crippen molar-refractivity contribution in [3.05, 3.63) is 47.0 Å². The third kappa shape index (κ3) is 17.5. The lowest BCUT2D eigenvalue weighted by molar-refractivity contribution is -0.148. The Kier molecular flexibility index (Phi) is 23.4. The highest BCUT2D eigenvalue weighted by Crippen LogP contribution is 2.65. The number of benzene rings is 1. The number of piperidine rings is 1. The van der Waals surface area contributed by atoms with Crippen molar-refractivity contribution < 1.29 is 64.7 Å². The maximum Gasteiger partial charge on any atom is 0.227 e. The molecule has 1 aromatic carbocycles. The van der Waals surface area contributed by atoms with E-state index in [2.05, 4.69) is 33.0 Å². The Hall–Kier alpha value is -5.74. The first-order valence-corrected chi connectivity index (χ1v) is 41.8. The van der Waals surface area contributed by atoms with Crippen molar-refractivity contribution in [3.8, 4) is 22.2 Å². The van der Waals surface area contributed by atoms with Gasteiger partial charge in [-0.3, -0.25) is 38.4 Å². The van der Waals surface area contributed by atoms with E-state index in [0.717, 1.165) is 85.9 Å². The number of carbonyl (C=O) groups is 8. The van der Waals surface area contributed by atoms with Gasteiger partial charge in [0.25, 0.3) is 0 Å². The molecule has 4 heterocycles. The molecule has 1 unspecified atom stereocenters. The normalized spacial score (nSPS) is 26.8. The number of sulfone groups is 2. The molecule has 101 heavy (non-hydrogen) atoms. The summed E-state index contributed by atoms with van der Waals surface area (Å²) in [5.41, 5.74) is 0.620. The average Bonchev–Trinajstić information content (AvgIpc) is 1.52. The molecule has 19 nitrogen and oxygen atoms in total. The Labute approximate surface area is 604 Å². The number of Topliss-reactive ketones (excluding diaryl/α,β-unsaturated/α-hetero) is 5. The van der Waals surface area contributed by atoms with Crippen molar-refractivity contribution in [2.24, 2.45) is 63.6 Å². The number of rotatable bonds is 26. The number of hydrogen-bond acceptors (Lipinski definition) is 17. The number of carbonyl (C=O) groups excluding carboxylic acids is 8. The minimum atomic E-state index is -3.58. The number of thiazole rings is 1. The van der Waals surface area contributed by atoms with Crippen LogP contribution < -0.4 is 14.8 Å². The number of fused-ring (bicyclic) bond motifs is 4. The van der Waals surface area contributed by atoms with E-state index in [1.807, 2.05) is 70.3 Å². The minimum Gasteiger partial charge on any atom is -0.496 e. The molecule has 11 rings (SSSR count). The summed E-state index contributed by atoms with van der Waals surface area (Å²) in [5, 5.41) is 6.14. The summed E-state index contributed by atoms with van der Waals surface area (Å²) in [6, 6.07) is 5.01. The molecule has 0 bridgehead atoms. The summed E-state index contributed by atoms with van der Waals surface area (Å²) >= 11 is 1.52. The molecule has 3 aromatic rings. The Balaban J connectivity index is 0.000000218. The number of pyridine rings is 1. The lowest BCUT2D eigenvalue weighted by Gasteiger charge is -2.40. The van der Waals surface area contributed by atoms with Crippen LogP contribution in [-0.2, 0) is 58.0 Å². The average molecular weight is 1450 g/mol. The number of hydrogen-bond donors (Lipinski definition) is 1. The van der Waals surface area contributed by atoms with Crippen LogP contribution in [0.3, 0.4) is 0 Å². The summed E-state index contributed by atoms with van der Waals surface area (Å²) in [7, 11) is -3.64. The van der Waals surface area contributed by atoms with E-state index >= 15 is 0 Å². The monoisotopic (exact) mass is 1450 g/mol. The second kappa shape index (κ2) is 30.4. The Morgan fingerprint density at radius 3 is 2.19 bits per heavy atom. The summed E-state index contributed by atoms with van der Waals surface area (Å²) in [5.74, 6) is -3.92. The summed E-state index contributed by atoms with van der Waals surface area (Å²) in [6.07, 6.45) is 16.6. The number of allylic oxidation sites excluding steroid dienone is 1. The zero-order chi connectivity index (χ0) is 73.7. The lowest BCUT2D eigenvalue weighted by atomic mass is 9.70. The van der Waals surface area contributed by atoms with Gasteiger partial charge in [0.2, 0.25) is 23.5 Å². The van der Waals surface area contributed by atoms with Crippen LogP contribution >= 0.6 is 11.3 Å². The first-order valence-electron chi connectivity index (χ1n) is 37.6. The number of likely N-dealkylation sites (tertiary alicyclic amines) is 1. The second-order valence-electron chi connectivity index (χ2n) is 34.4. The van der Waals surface area contributed by atoms with Gasteiger partial charge >= 0.3 is 0 Å². The Morgan fingerprint density at radius 1 is 0.871 bits per heavy atom. The molecule has 3 amide bonds. The molecule has 2 aliphatic heterocycles. The number of nitrogens with zero attached hydrogens (tertiary/aromatic N) is 4. The van der Waals surface area contributed by atoms with E-state index in [1.54, 1.807) is 44.7 Å². The standard InChI is InChI=1S/C40H65NO7S.C39H48N4O7S2/c1-10-11-15-27(35(45)32(44)20-26-16-17-26)21-31(43)34-33-30(39(33,8)9)24-41(34)36(46)29(37(2,3)4)22-28(42)23-40(18-13-12-14-19-40)25-49(47,48)38(5,6)7;1-22(2)31-20-51-37(41-31)30-18-33(27-13-14-32(49-5)23(3)35(27)40-30)50-25-16-28-29(17-25)38(46)43(4)15-9-7-6-8-10-24-19-39(24,42-36(28)45)34(44)21-52(47,48)26-11-12-26/h26-27,29-30,33-34H,10-25H2,1-9H3;8,10,13-14,18,20,22,24-26,28-29H,6-7,9,11-12,15-17,19,21H2,1-5H3,(H,42,45)/b;10-8+/t27-,29-,30+,33?,34-;24-,25-,28-,29-,39-/m11/s1. The van der Waals surface area contributed by atoms with Crippen molar-refractivity contribution in [1.29, 1.82) is 0 Å². The number of aryl methyl sites for hydroxylation is 1. The third-order valence-electron chi connectivity index (χ3n) is 23.9. The number of aromatic nitrogens is 2. The highest BCUT2D eigenvalue weighted by molar-refractivity contribution is 7.93. The van der Waals surface area contributed by atoms with Gasteiger partial charge in [-0.1, -0.05) is 99.6 Å². The van der Waals surface area contributed by atoms with Gasteiger partial charge in [-0.05, 0) is 163 Å². The fourth-order valence-corrected chi connectivity index (χ4v) is 21.0. The van der Waals surface area contributed by atoms with Crippen molar-refractivity contribution in [1.82, 2.24) is 25.1 Å². The highest BCUT2D eigenvalue weighted by atomic mass is 32.2. The fourth-order valence-electron chi connectivity index (χ4n) is 16.7. The van der Waals surface area contributed by atoms with Crippen LogP contribution in [0.15, 0.2) is 35.7 Å². The quantitative estimate of drug-likeness (QED) is 0.0578. The number of unbranched alkanes of at least 4 members (excludes halogenated alkanes) is 1. The molecule has 6 aliphatic carbocycles. The minimum absolute atomic E-state index is 0.00304. The van der Waals surface area contributed by atoms with Crippen LogP contribution in [0.1, 0.15) is 235 Å². The first-order chi connectivity index (χ1) is 47.3. The van der Waals surface area contributed by atoms with Crippen LogP contribution in [0, 0.1) is 70.5 Å². The van der Waals surface area contributed by atoms with E-state index < -0.39 is 105 Å². The number of nitrogens with one attached hydrogen (secondary N) is 1. The molecule has 1 saturated heterocycles. The number of amides is 3. The third-order valence-corrected chi connectivity index (χ3v) is 29.8. The number of methoxy groups -OCH3 is 1. The van der Waals surface area contributed by atoms with Gasteiger partial charge in [-0.15, -0.1) is 11.3 Å². The van der Waals surface area contributed by atoms with Crippen LogP contribution in [-0.4, -0.2) is 150 Å². The van der Waals surface area contributed by atoms with Crippen LogP contribution in [0.5, 0.6) is 11.5 Å². The molecule has 8 aliphatic rings. The van der Waals surface area contributed by atoms with E-state index in [9.17, 15) is 55.2 Å². The molecular weight excluding hydrogens is 1340 g/mol. The highest BCUT2D eigenvalue weighted by Gasteiger charge is 2.70. The molecular formula is C79H113N5O14S3. The van der Waals surface area contributed by atoms with Gasteiger partial charge in [0.1, 0.15) is 45.4 Å². The zero-order valence-electron chi connectivity index (χ0n) is 62.5. The second-order valence-corrected chi connectivity index (χ2v) is 40.3. The van der Waals surface area contributed by atoms with Crippen molar-refractivity contribution in [3.63, 3.8) is 0 Å². The SMILES string of the molecule is CCCC[C@H](CC(=O)[C@@H]1C2[C@H](CN1C(=O)[C@@H](CC(=O)CC1(CS(=O)(=O)C(C)(C)C)CCCCC1)C(C)(C)C)C2(C)C)C(=O)C(=O)CC1CC1.COc1ccc2c(O[C@@H]3C[C@H]4C(=O)N[C@]5(C(=O)CS(=O)(=O)C6CC6)C[C@H]5/C=C/CCCCN(C)C(=O)[C@@H]4C3)cc(-c3nc(C(C)C)cs3)nc2c1C. The lowest BCUT2D eigenvalue weighted by Crippen LogP contribution is -2.51. The van der Waals surface area contributed by atoms with Crippen molar-refractivity contribution >= 4 is 88.6 Å². The van der Waals surface area contributed by atoms with E-state index in [4.69, 9.17) is 19.4 Å². The molecule has 6 saturated carbocycles. The van der Waals surface area contributed by atoms with Gasteiger partial charge in [0.05, 0.1) is 51.9 Å². The van der Waals surface area contributed by atoms with Gasteiger partial charge < -0.3 is 24.6 Å². The molecule has 0 radical (unpaired) electrons. The molecule has 10 atom stereocenters. The van der Waals surface area contributed by atoms with E-state index in [0.29, 0.717) is 86.7 Å². The van der Waals surface area contributed by atoms with Gasteiger partial charge in [-0.2, -0.15) is 0 Å². The van der Waals surface area contributed by atoms with E-state index in [1.165, 1.54) is 11.3 Å². The van der Waals surface area contributed by atoms with Gasteiger partial charge in [0, 0.05) is 86.0 Å². The maximum atomic E-state index is 14.6. The molecule has 2 aromatic heterocycles. The molecule has 0 spiro atoms. The van der Waals surface area contributed by atoms with E-state index in [-0.39, 0.29) is 96.1 Å². The zero-order valence-corrected chi connectivity index (χ0v) is 65.0. The van der Waals surface area contributed by atoms with Crippen LogP contribution in [0.4, 0.5) is 0 Å². The largest absolute Gasteiger partial charge is 0.496 e. The molecule has 1 N–H and O–H groups in total. The number of ether oxygens (including phenoxy) is 2. The summed E-state index contributed by atoms with van der Waals surface area (Å²) in [4.78, 5) is 124. The van der Waals surface area contributed by atoms with Gasteiger partial charge in [0.15, 0.2) is 37.0 Å². The molecule has 556 valence electrons. The Bertz CT molecular complexity index is 3920. The summed E-state index contributed by atoms with van der Waals surface area (Å²) < 4.78 is 64.0. The maximum absolute atomic E-state index is 14.6.